The number of likely N-dealkylation sites (N-methyl/N-ethyl adjacent to an activating group) is 1. The first-order chi connectivity index (χ1) is 8.24. The highest BCUT2D eigenvalue weighted by Gasteiger charge is 2.16. The van der Waals surface area contributed by atoms with Gasteiger partial charge in [-0.1, -0.05) is 6.92 Å². The van der Waals surface area contributed by atoms with Crippen LogP contribution in [0.25, 0.3) is 0 Å². The first-order valence-corrected chi connectivity index (χ1v) is 6.15. The number of nitrogen functional groups attached to an aromatic ring is 1. The summed E-state index contributed by atoms with van der Waals surface area (Å²) in [7, 11) is 1.66. The number of piperazine rings is 1. The van der Waals surface area contributed by atoms with Gasteiger partial charge < -0.3 is 20.3 Å². The Morgan fingerprint density at radius 3 is 2.20 bits per heavy atom. The van der Waals surface area contributed by atoms with E-state index < -0.39 is 0 Å². The van der Waals surface area contributed by atoms with Crippen LogP contribution in [0.2, 0.25) is 0 Å². The van der Waals surface area contributed by atoms with Crippen LogP contribution in [0.4, 0.5) is 11.4 Å². The van der Waals surface area contributed by atoms with Crippen molar-refractivity contribution in [2.24, 2.45) is 0 Å². The fraction of sp³-hybridized carbons (Fsp3) is 0.538. The van der Waals surface area contributed by atoms with Gasteiger partial charge in [-0.05, 0) is 18.7 Å². The fourth-order valence-corrected chi connectivity index (χ4v) is 2.22. The lowest BCUT2D eigenvalue weighted by Crippen LogP contribution is -2.46. The van der Waals surface area contributed by atoms with Gasteiger partial charge in [-0.25, -0.2) is 0 Å². The molecule has 1 aliphatic rings. The highest BCUT2D eigenvalue weighted by Crippen LogP contribution is 2.27. The summed E-state index contributed by atoms with van der Waals surface area (Å²) in [5.74, 6) is 0.764. The average molecular weight is 345 g/mol. The molecule has 1 aromatic rings. The third kappa shape index (κ3) is 5.09. The van der Waals surface area contributed by atoms with Crippen molar-refractivity contribution in [1.29, 1.82) is 0 Å². The summed E-state index contributed by atoms with van der Waals surface area (Å²) in [6.07, 6.45) is 0. The number of halogens is 3. The van der Waals surface area contributed by atoms with Gasteiger partial charge in [-0.15, -0.1) is 37.2 Å². The van der Waals surface area contributed by atoms with E-state index in [1.165, 1.54) is 5.69 Å². The van der Waals surface area contributed by atoms with Gasteiger partial charge >= 0.3 is 0 Å². The minimum atomic E-state index is 0. The molecule has 2 rings (SSSR count). The summed E-state index contributed by atoms with van der Waals surface area (Å²) < 4.78 is 5.26. The van der Waals surface area contributed by atoms with Crippen LogP contribution in [0.15, 0.2) is 18.2 Å². The Hall–Kier alpha value is -0.550. The van der Waals surface area contributed by atoms with Gasteiger partial charge in [0.05, 0.1) is 12.8 Å². The molecule has 2 N–H and O–H groups in total. The van der Waals surface area contributed by atoms with Crippen molar-refractivity contribution in [2.45, 2.75) is 6.92 Å². The second-order valence-corrected chi connectivity index (χ2v) is 4.35. The minimum Gasteiger partial charge on any atom is -0.495 e. The van der Waals surface area contributed by atoms with Gasteiger partial charge in [0.15, 0.2) is 0 Å². The van der Waals surface area contributed by atoms with Gasteiger partial charge in [-0.3, -0.25) is 0 Å². The van der Waals surface area contributed by atoms with E-state index in [0.717, 1.165) is 38.5 Å². The molecule has 0 spiro atoms. The molecule has 1 fully saturated rings. The average Bonchev–Trinajstić information content (AvgIpc) is 2.39. The summed E-state index contributed by atoms with van der Waals surface area (Å²) >= 11 is 0. The molecule has 1 saturated heterocycles. The molecule has 0 atom stereocenters. The molecule has 7 heteroatoms. The van der Waals surface area contributed by atoms with Crippen molar-refractivity contribution in [2.75, 3.05) is 50.5 Å². The molecule has 0 aliphatic carbocycles. The Morgan fingerprint density at radius 2 is 1.70 bits per heavy atom. The van der Waals surface area contributed by atoms with E-state index in [-0.39, 0.29) is 37.2 Å². The summed E-state index contributed by atoms with van der Waals surface area (Å²) in [6.45, 7) is 7.75. The molecule has 0 aromatic heterocycles. The maximum Gasteiger partial charge on any atom is 0.143 e. The third-order valence-corrected chi connectivity index (χ3v) is 3.40. The second kappa shape index (κ2) is 10.2. The molecule has 1 heterocycles. The second-order valence-electron chi connectivity index (χ2n) is 4.35. The normalized spacial score (nSPS) is 14.6. The van der Waals surface area contributed by atoms with Gasteiger partial charge in [0.2, 0.25) is 0 Å². The monoisotopic (exact) mass is 343 g/mol. The van der Waals surface area contributed by atoms with Crippen molar-refractivity contribution < 1.29 is 4.74 Å². The minimum absolute atomic E-state index is 0. The Labute approximate surface area is 139 Å². The van der Waals surface area contributed by atoms with Crippen molar-refractivity contribution in [3.05, 3.63) is 18.2 Å². The van der Waals surface area contributed by atoms with Gasteiger partial charge in [0, 0.05) is 37.9 Å². The molecule has 1 aromatic carbocycles. The summed E-state index contributed by atoms with van der Waals surface area (Å²) in [4.78, 5) is 4.85. The summed E-state index contributed by atoms with van der Waals surface area (Å²) in [6, 6.07) is 6.01. The lowest BCUT2D eigenvalue weighted by molar-refractivity contribution is 0.271. The van der Waals surface area contributed by atoms with E-state index in [1.54, 1.807) is 7.11 Å². The predicted octanol–water partition coefficient (Wildman–Crippen LogP) is 2.68. The van der Waals surface area contributed by atoms with Crippen molar-refractivity contribution in [1.82, 2.24) is 4.90 Å². The van der Waals surface area contributed by atoms with Crippen LogP contribution in [0.3, 0.4) is 0 Å². The first kappa shape index (κ1) is 21.7. The number of ether oxygens (including phenoxy) is 1. The molecule has 0 unspecified atom stereocenters. The topological polar surface area (TPSA) is 41.7 Å². The van der Waals surface area contributed by atoms with Crippen LogP contribution >= 0.6 is 37.2 Å². The zero-order chi connectivity index (χ0) is 12.3. The van der Waals surface area contributed by atoms with Crippen molar-refractivity contribution in [3.8, 4) is 5.75 Å². The standard InChI is InChI=1S/C13H21N3O.3ClH/c1-3-15-6-8-16(9-7-15)11-4-5-12(14)13(10-11)17-2;;;/h4-5,10H,3,6-9,14H2,1-2H3;3*1H. The Bertz CT molecular complexity index is 385. The molecule has 4 nitrogen and oxygen atoms in total. The zero-order valence-electron chi connectivity index (χ0n) is 11.9. The number of hydrogen-bond donors (Lipinski definition) is 1. The Balaban J connectivity index is 0. The SMILES string of the molecule is CCN1CCN(c2ccc(N)c(OC)c2)CC1.Cl.Cl.Cl. The largest absolute Gasteiger partial charge is 0.495 e. The maximum atomic E-state index is 5.82. The maximum absolute atomic E-state index is 5.82. The van der Waals surface area contributed by atoms with E-state index in [4.69, 9.17) is 10.5 Å². The molecular formula is C13H24Cl3N3O. The van der Waals surface area contributed by atoms with E-state index in [0.29, 0.717) is 5.69 Å². The molecule has 0 saturated carbocycles. The first-order valence-electron chi connectivity index (χ1n) is 6.15. The van der Waals surface area contributed by atoms with Crippen LogP contribution in [0, 0.1) is 0 Å². The lowest BCUT2D eigenvalue weighted by Gasteiger charge is -2.35. The number of rotatable bonds is 3. The number of hydrogen-bond acceptors (Lipinski definition) is 4. The molecule has 1 aliphatic heterocycles. The van der Waals surface area contributed by atoms with E-state index in [9.17, 15) is 0 Å². The van der Waals surface area contributed by atoms with Gasteiger partial charge in [0.1, 0.15) is 5.75 Å². The molecule has 0 bridgehead atoms. The van der Waals surface area contributed by atoms with E-state index in [2.05, 4.69) is 22.8 Å². The van der Waals surface area contributed by atoms with Crippen LogP contribution < -0.4 is 15.4 Å². The molecule has 0 radical (unpaired) electrons. The Kier molecular flexibility index (Phi) is 11.1. The van der Waals surface area contributed by atoms with Crippen LogP contribution in [-0.4, -0.2) is 44.7 Å². The van der Waals surface area contributed by atoms with E-state index >= 15 is 0 Å². The van der Waals surface area contributed by atoms with Crippen LogP contribution in [-0.2, 0) is 0 Å². The summed E-state index contributed by atoms with van der Waals surface area (Å²) in [5.41, 5.74) is 7.72. The van der Waals surface area contributed by atoms with Crippen molar-refractivity contribution in [3.63, 3.8) is 0 Å². The van der Waals surface area contributed by atoms with Gasteiger partial charge in [0.25, 0.3) is 0 Å². The van der Waals surface area contributed by atoms with Crippen LogP contribution in [0.5, 0.6) is 5.75 Å². The zero-order valence-corrected chi connectivity index (χ0v) is 14.3. The third-order valence-electron chi connectivity index (χ3n) is 3.40. The predicted molar refractivity (Wildman–Crippen MR) is 93.5 cm³/mol. The highest BCUT2D eigenvalue weighted by molar-refractivity contribution is 5.86. The van der Waals surface area contributed by atoms with Crippen LogP contribution in [0.1, 0.15) is 6.92 Å². The number of benzene rings is 1. The number of methoxy groups -OCH3 is 1. The smallest absolute Gasteiger partial charge is 0.143 e. The Morgan fingerprint density at radius 1 is 1.10 bits per heavy atom. The number of nitrogens with two attached hydrogens (primary N) is 1. The summed E-state index contributed by atoms with van der Waals surface area (Å²) in [5, 5.41) is 0. The quantitative estimate of drug-likeness (QED) is 0.856. The fourth-order valence-electron chi connectivity index (χ4n) is 2.22. The number of anilines is 2. The molecular weight excluding hydrogens is 321 g/mol. The number of nitrogens with zero attached hydrogens (tertiary/aromatic N) is 2. The molecule has 118 valence electrons. The molecule has 0 amide bonds. The van der Waals surface area contributed by atoms with Gasteiger partial charge in [-0.2, -0.15) is 0 Å². The molecule has 20 heavy (non-hydrogen) atoms. The lowest BCUT2D eigenvalue weighted by atomic mass is 10.2. The highest BCUT2D eigenvalue weighted by atomic mass is 35.5. The van der Waals surface area contributed by atoms with Crippen molar-refractivity contribution >= 4 is 48.6 Å². The van der Waals surface area contributed by atoms with E-state index in [1.807, 2.05) is 12.1 Å².